The van der Waals surface area contributed by atoms with Gasteiger partial charge in [0.1, 0.15) is 29.6 Å². The first-order chi connectivity index (χ1) is 59.0. The summed E-state index contributed by atoms with van der Waals surface area (Å²) in [5.41, 5.74) is 10.3. The number of nitro groups is 1. The topological polar surface area (TPSA) is 141 Å². The van der Waals surface area contributed by atoms with Gasteiger partial charge in [-0.3, -0.25) is 24.6 Å². The largest absolute Gasteiger partial charge is 0.508 e. The molecule has 0 unspecified atom stereocenters. The predicted octanol–water partition coefficient (Wildman–Crippen LogP) is 28.2. The van der Waals surface area contributed by atoms with Crippen LogP contribution in [0, 0.1) is 65.3 Å². The first-order valence-electron chi connectivity index (χ1n) is 47.2. The Morgan fingerprint density at radius 1 is 0.500 bits per heavy atom. The number of nitrogens with zero attached hydrogens (tertiary/aromatic N) is 6. The molecule has 0 atom stereocenters. The summed E-state index contributed by atoms with van der Waals surface area (Å²) in [6.45, 7) is 86.9. The van der Waals surface area contributed by atoms with Crippen molar-refractivity contribution in [1.29, 1.82) is 0 Å². The standard InChI is InChI=1S/C18H31NO.C17H28N2O.C13H18O.C12H18.C12H14.C11H15NO2.C11H23NO.C11H16O.C9H19NO/c1-6-19(7-2)13-8-14-20-17-11-9-16(10-12-17)15-18(3,4)5;1-17(2,3)15-5-7-16(8-6-15)20-14-13-19-11-9-18(4)10-12-19;1-13(2,3)10-9-11-5-7-12(14-4)8-6-11;2*1-12(2,3)10-9-11-7-5-4-6-8-11;1-11(2,3)8-9-5-4-6-10(7-9)12(13)14;1-8(2)12(9(3)4)10(13)11(5,6)7;1-11(2,3)8-9-4-6-10(12)7-5-9;1-6-10(7-2)8(11)9(3,4)5/h9-12H,6-8,13-15H2,1-5H3;5-8H,9-14H2,1-4H3;5-10H,1-4H3;4-8H,9-10H2,1-3H3;4-8H,1-3H3;4-7H,8H2,1-3H3;8-9H,1-7H3;4-7,12H,8H2,1-3H3;6-7H2,1-5H3/b;;10-9+;;;;;;. The molecule has 128 heavy (non-hydrogen) atoms. The number of phenolic OH excluding ortho intramolecular Hbond substituents is 1. The van der Waals surface area contributed by atoms with Gasteiger partial charge in [0.25, 0.3) is 5.69 Å². The number of nitro benzene ring substituents is 1. The molecule has 1 N–H and O–H groups in total. The van der Waals surface area contributed by atoms with Gasteiger partial charge in [0.2, 0.25) is 11.8 Å². The highest BCUT2D eigenvalue weighted by Gasteiger charge is 2.31. The number of aromatic hydroxyl groups is 1. The number of carbonyl (C=O) groups excluding carboxylic acids is 2. The summed E-state index contributed by atoms with van der Waals surface area (Å²) in [7, 11) is 3.87. The van der Waals surface area contributed by atoms with Crippen LogP contribution in [-0.2, 0) is 40.7 Å². The molecule has 14 heteroatoms. The Morgan fingerprint density at radius 2 is 0.930 bits per heavy atom. The smallest absolute Gasteiger partial charge is 0.269 e. The number of ether oxygens (including phenoxy) is 3. The van der Waals surface area contributed by atoms with Crippen LogP contribution < -0.4 is 14.2 Å². The zero-order valence-corrected chi connectivity index (χ0v) is 87.8. The van der Waals surface area contributed by atoms with Crippen molar-refractivity contribution < 1.29 is 33.8 Å². The minimum Gasteiger partial charge on any atom is -0.508 e. The number of carbonyl (C=O) groups is 2. The molecule has 14 nitrogen and oxygen atoms in total. The number of hydrogen-bond donors (Lipinski definition) is 1. The number of benzene rings is 7. The molecule has 0 aliphatic carbocycles. The molecule has 2 amide bonds. The lowest BCUT2D eigenvalue weighted by Gasteiger charge is -2.35. The average molecular weight is 1760 g/mol. The lowest BCUT2D eigenvalue weighted by Crippen LogP contribution is -2.47. The van der Waals surface area contributed by atoms with Crippen molar-refractivity contribution in [3.8, 4) is 34.8 Å². The molecule has 0 radical (unpaired) electrons. The molecule has 1 heterocycles. The summed E-state index contributed by atoms with van der Waals surface area (Å²) in [6, 6.07) is 60.7. The van der Waals surface area contributed by atoms with Crippen molar-refractivity contribution in [1.82, 2.24) is 24.5 Å². The molecule has 1 aliphatic rings. The Morgan fingerprint density at radius 3 is 1.31 bits per heavy atom. The second kappa shape index (κ2) is 58.8. The molecule has 716 valence electrons. The number of piperazine rings is 1. The molecule has 1 saturated heterocycles. The van der Waals surface area contributed by atoms with Gasteiger partial charge in [-0.15, -0.1) is 0 Å². The van der Waals surface area contributed by atoms with Crippen LogP contribution in [-0.4, -0.2) is 151 Å². The zero-order chi connectivity index (χ0) is 98.1. The van der Waals surface area contributed by atoms with Gasteiger partial charge in [0.05, 0.1) is 18.6 Å². The number of rotatable bonds is 23. The molecular weight excluding hydrogens is 1580 g/mol. The molecule has 7 aromatic carbocycles. The third-order valence-corrected chi connectivity index (χ3v) is 19.9. The van der Waals surface area contributed by atoms with Crippen LogP contribution in [0.15, 0.2) is 188 Å². The molecule has 8 rings (SSSR count). The SMILES string of the molecule is CC(C)(C)C#Cc1ccccc1.CC(C)(C)CCc1ccccc1.CC(C)(C)Cc1ccc(O)cc1.CC(C)(C)Cc1cccc([N+](=O)[O-])c1.CC(C)N(C(=O)C(C)(C)C)C(C)C.CCN(CC)C(=O)C(C)(C)C.CCN(CC)CCCOc1ccc(CC(C)(C)C)cc1.CN1CCN(CCOc2ccc(C(C)(C)C)cc2)CC1.COc1ccc(/C=C/C(C)(C)C)cc1. The first kappa shape index (κ1) is 119. The Balaban J connectivity index is 0.00000143. The van der Waals surface area contributed by atoms with E-state index in [1.807, 2.05) is 126 Å². The van der Waals surface area contributed by atoms with E-state index in [1.165, 1.54) is 59.8 Å². The van der Waals surface area contributed by atoms with Gasteiger partial charge in [-0.2, -0.15) is 0 Å². The van der Waals surface area contributed by atoms with Gasteiger partial charge in [-0.25, -0.2) is 0 Å². The van der Waals surface area contributed by atoms with Crippen molar-refractivity contribution in [3.63, 3.8) is 0 Å². The molecule has 0 aromatic heterocycles. The number of methoxy groups -OCH3 is 1. The highest BCUT2D eigenvalue weighted by molar-refractivity contribution is 5.82. The van der Waals surface area contributed by atoms with Crippen LogP contribution in [0.1, 0.15) is 294 Å². The van der Waals surface area contributed by atoms with Gasteiger partial charge >= 0.3 is 0 Å². The number of aryl methyl sites for hydroxylation is 1. The Hall–Kier alpha value is -8.74. The van der Waals surface area contributed by atoms with Crippen LogP contribution in [0.5, 0.6) is 23.0 Å². The summed E-state index contributed by atoms with van der Waals surface area (Å²) in [4.78, 5) is 44.8. The summed E-state index contributed by atoms with van der Waals surface area (Å²) >= 11 is 0. The molecule has 0 saturated carbocycles. The van der Waals surface area contributed by atoms with Gasteiger partial charge in [0, 0.05) is 98.4 Å². The predicted molar refractivity (Wildman–Crippen MR) is 552 cm³/mol. The Labute approximate surface area is 783 Å². The number of allylic oxidation sites excluding steroid dienone is 1. The third-order valence-electron chi connectivity index (χ3n) is 19.9. The highest BCUT2D eigenvalue weighted by Crippen LogP contribution is 2.29. The maximum Gasteiger partial charge on any atom is 0.269 e. The van der Waals surface area contributed by atoms with E-state index < -0.39 is 0 Å². The number of phenols is 1. The van der Waals surface area contributed by atoms with Crippen molar-refractivity contribution >= 4 is 23.6 Å². The van der Waals surface area contributed by atoms with Gasteiger partial charge in [-0.1, -0.05) is 313 Å². The fourth-order valence-corrected chi connectivity index (χ4v) is 12.8. The van der Waals surface area contributed by atoms with Crippen molar-refractivity contribution in [2.45, 2.75) is 298 Å². The number of amides is 2. The Bertz CT molecular complexity index is 4170. The van der Waals surface area contributed by atoms with Crippen LogP contribution in [0.3, 0.4) is 0 Å². The lowest BCUT2D eigenvalue weighted by molar-refractivity contribution is -0.384. The molecule has 1 aliphatic heterocycles. The van der Waals surface area contributed by atoms with Gasteiger partial charge < -0.3 is 38.9 Å². The second-order valence-corrected chi connectivity index (χ2v) is 44.2. The van der Waals surface area contributed by atoms with E-state index in [2.05, 4.69) is 324 Å². The minimum absolute atomic E-state index is 0.0931. The molecular formula is C114H182N6O8. The van der Waals surface area contributed by atoms with Crippen molar-refractivity contribution in [2.75, 3.05) is 92.8 Å². The van der Waals surface area contributed by atoms with E-state index in [4.69, 9.17) is 19.3 Å². The number of hydrogen-bond acceptors (Lipinski definition) is 11. The quantitative estimate of drug-likeness (QED) is 0.0283. The van der Waals surface area contributed by atoms with E-state index in [0.29, 0.717) is 22.0 Å². The fourth-order valence-electron chi connectivity index (χ4n) is 12.8. The summed E-state index contributed by atoms with van der Waals surface area (Å²) in [5.74, 6) is 10.0. The maximum absolute atomic E-state index is 12.0. The van der Waals surface area contributed by atoms with E-state index in [-0.39, 0.29) is 67.0 Å². The van der Waals surface area contributed by atoms with E-state index >= 15 is 0 Å². The van der Waals surface area contributed by atoms with Crippen LogP contribution in [0.4, 0.5) is 5.69 Å². The molecule has 1 fully saturated rings. The first-order valence-corrected chi connectivity index (χ1v) is 47.2. The third kappa shape index (κ3) is 60.9. The van der Waals surface area contributed by atoms with Crippen LogP contribution in [0.25, 0.3) is 6.08 Å². The van der Waals surface area contributed by atoms with E-state index in [1.54, 1.807) is 31.4 Å². The van der Waals surface area contributed by atoms with Crippen LogP contribution in [0.2, 0.25) is 0 Å². The average Bonchev–Trinajstić information content (AvgIpc) is 0.863. The molecule has 7 aromatic rings. The maximum atomic E-state index is 12.0. The monoisotopic (exact) mass is 1760 g/mol. The van der Waals surface area contributed by atoms with Crippen molar-refractivity contribution in [2.24, 2.45) is 43.3 Å². The summed E-state index contributed by atoms with van der Waals surface area (Å²) < 4.78 is 16.7. The summed E-state index contributed by atoms with van der Waals surface area (Å²) in [5, 5.41) is 19.6. The van der Waals surface area contributed by atoms with E-state index in [0.717, 1.165) is 120 Å². The lowest BCUT2D eigenvalue weighted by atomic mass is 9.87. The normalized spacial score (nSPS) is 12.6. The van der Waals surface area contributed by atoms with Crippen LogP contribution >= 0.6 is 0 Å². The second-order valence-electron chi connectivity index (χ2n) is 44.2. The minimum atomic E-state index is -0.355. The highest BCUT2D eigenvalue weighted by atomic mass is 16.6. The van der Waals surface area contributed by atoms with Crippen molar-refractivity contribution in [3.05, 3.63) is 237 Å². The van der Waals surface area contributed by atoms with Gasteiger partial charge in [-0.05, 0) is 248 Å². The Kier molecular flexibility index (Phi) is 54.8. The zero-order valence-electron chi connectivity index (χ0n) is 87.8. The summed E-state index contributed by atoms with van der Waals surface area (Å²) in [6.07, 6.45) is 10.9. The molecule has 0 spiro atoms. The fraction of sp³-hybridized carbons (Fsp3) is 0.579. The van der Waals surface area contributed by atoms with E-state index in [9.17, 15) is 19.7 Å². The number of likely N-dealkylation sites (N-methyl/N-ethyl adjacent to an activating group) is 1. The van der Waals surface area contributed by atoms with Gasteiger partial charge in [0.15, 0.2) is 0 Å². The number of non-ortho nitro benzene ring substituents is 1. The molecule has 0 bridgehead atoms.